The first-order valence-corrected chi connectivity index (χ1v) is 36.9. The van der Waals surface area contributed by atoms with Gasteiger partial charge >= 0.3 is 0 Å². The van der Waals surface area contributed by atoms with Crippen LogP contribution in [0.3, 0.4) is 0 Å². The fourth-order valence-electron chi connectivity index (χ4n) is 14.7. The fourth-order valence-corrected chi connectivity index (χ4v) is 14.9. The van der Waals surface area contributed by atoms with Crippen molar-refractivity contribution in [2.75, 3.05) is 112 Å². The molecular formula is C86H109ClF3N21. The summed E-state index contributed by atoms with van der Waals surface area (Å²) in [5.41, 5.74) is 21.6. The second-order valence-corrected chi connectivity index (χ2v) is 28.6. The number of aromatic amines is 4. The van der Waals surface area contributed by atoms with Gasteiger partial charge in [-0.05, 0) is 211 Å². The van der Waals surface area contributed by atoms with Gasteiger partial charge in [0, 0.05) is 192 Å². The highest BCUT2D eigenvalue weighted by atomic mass is 35.5. The Hall–Kier alpha value is -10.6. The largest absolute Gasteiger partial charge is 0.352 e. The minimum absolute atomic E-state index is 0. The van der Waals surface area contributed by atoms with E-state index >= 15 is 0 Å². The molecule has 586 valence electrons. The van der Waals surface area contributed by atoms with Crippen molar-refractivity contribution in [1.82, 2.24) is 80.7 Å². The van der Waals surface area contributed by atoms with E-state index in [1.165, 1.54) is 36.4 Å². The molecule has 4 saturated heterocycles. The molecule has 4 aliphatic rings. The second kappa shape index (κ2) is 38.8. The summed E-state index contributed by atoms with van der Waals surface area (Å²) in [7, 11) is 4.37. The first-order chi connectivity index (χ1) is 52.0. The molecule has 0 radical (unpaired) electrons. The van der Waals surface area contributed by atoms with E-state index in [1.807, 2.05) is 85.2 Å². The van der Waals surface area contributed by atoms with Crippen LogP contribution in [-0.4, -0.2) is 204 Å². The summed E-state index contributed by atoms with van der Waals surface area (Å²) in [4.78, 5) is 33.1. The van der Waals surface area contributed by atoms with Crippen molar-refractivity contribution in [3.05, 3.63) is 218 Å². The summed E-state index contributed by atoms with van der Waals surface area (Å²) >= 11 is 6.08. The van der Waals surface area contributed by atoms with Gasteiger partial charge in [0.2, 0.25) is 0 Å². The van der Waals surface area contributed by atoms with Gasteiger partial charge in [-0.15, -0.1) is 0 Å². The molecule has 111 heavy (non-hydrogen) atoms. The smallest absolute Gasteiger partial charge is 0.159 e. The maximum absolute atomic E-state index is 13.4. The predicted octanol–water partition coefficient (Wildman–Crippen LogP) is 16.5. The summed E-state index contributed by atoms with van der Waals surface area (Å²) in [6.07, 6.45) is 14.3. The van der Waals surface area contributed by atoms with Crippen molar-refractivity contribution < 1.29 is 13.2 Å². The van der Waals surface area contributed by atoms with Crippen LogP contribution < -0.4 is 30.7 Å². The number of aromatic nitrogens is 12. The maximum atomic E-state index is 13.4. The molecule has 21 nitrogen and oxygen atoms in total. The number of pyridine rings is 4. The number of piperazine rings is 4. The molecule has 6 atom stereocenters. The molecule has 0 saturated carbocycles. The lowest BCUT2D eigenvalue weighted by molar-refractivity contribution is 0.169. The summed E-state index contributed by atoms with van der Waals surface area (Å²) in [5, 5.41) is 35.8. The first-order valence-electron chi connectivity index (χ1n) is 36.6. The van der Waals surface area contributed by atoms with Crippen LogP contribution in [0.4, 0.5) is 36.4 Å². The van der Waals surface area contributed by atoms with Gasteiger partial charge in [0.1, 0.15) is 17.5 Å². The molecular weight excluding hydrogens is 1420 g/mol. The van der Waals surface area contributed by atoms with Gasteiger partial charge in [-0.25, -0.2) is 13.2 Å². The Labute approximate surface area is 658 Å². The number of H-pyrrole nitrogens is 4. The second-order valence-electron chi connectivity index (χ2n) is 28.2. The van der Waals surface area contributed by atoms with Crippen LogP contribution in [0.1, 0.15) is 71.2 Å². The van der Waals surface area contributed by atoms with Crippen LogP contribution in [0.15, 0.2) is 195 Å². The summed E-state index contributed by atoms with van der Waals surface area (Å²) < 4.78 is 40.1. The number of nitrogens with two attached hydrogens (primary N) is 1. The molecule has 4 aliphatic heterocycles. The Kier molecular flexibility index (Phi) is 29.5. The van der Waals surface area contributed by atoms with E-state index in [2.05, 4.69) is 151 Å². The van der Waals surface area contributed by atoms with Gasteiger partial charge < -0.3 is 30.7 Å². The number of benzene rings is 4. The van der Waals surface area contributed by atoms with Gasteiger partial charge in [-0.2, -0.15) is 20.4 Å². The van der Waals surface area contributed by atoms with Crippen molar-refractivity contribution in [2.24, 2.45) is 5.73 Å². The normalized spacial score (nSPS) is 18.6. The summed E-state index contributed by atoms with van der Waals surface area (Å²) in [5.74, 6) is 3.04. The van der Waals surface area contributed by atoms with Crippen LogP contribution >= 0.6 is 11.6 Å². The van der Waals surface area contributed by atoms with E-state index in [4.69, 9.17) is 22.4 Å². The number of hydrogen-bond acceptors (Lipinski definition) is 17. The molecule has 25 heteroatoms. The third-order valence-corrected chi connectivity index (χ3v) is 20.9. The van der Waals surface area contributed by atoms with Gasteiger partial charge in [0.25, 0.3) is 0 Å². The average molecular weight is 1530 g/mol. The zero-order valence-electron chi connectivity index (χ0n) is 61.7. The van der Waals surface area contributed by atoms with E-state index in [0.29, 0.717) is 42.8 Å². The zero-order chi connectivity index (χ0) is 74.7. The van der Waals surface area contributed by atoms with Crippen LogP contribution in [0, 0.1) is 17.5 Å². The van der Waals surface area contributed by atoms with Crippen molar-refractivity contribution in [1.29, 1.82) is 0 Å². The molecule has 12 heterocycles. The molecule has 0 bridgehead atoms. The lowest BCUT2D eigenvalue weighted by atomic mass is 10.00. The number of nitrogens with one attached hydrogen (secondary N) is 5. The van der Waals surface area contributed by atoms with Gasteiger partial charge in [0.15, 0.2) is 23.3 Å². The van der Waals surface area contributed by atoms with Gasteiger partial charge in [-0.3, -0.25) is 55.0 Å². The number of rotatable bonds is 14. The minimum Gasteiger partial charge on any atom is -0.352 e. The minimum atomic E-state index is -0.250. The summed E-state index contributed by atoms with van der Waals surface area (Å²) in [6.45, 7) is 24.2. The third kappa shape index (κ3) is 19.8. The Balaban J connectivity index is 0.000000168. The van der Waals surface area contributed by atoms with E-state index in [-0.39, 0.29) is 47.2 Å². The Morgan fingerprint density at radius 3 is 0.874 bits per heavy atom. The highest BCUT2D eigenvalue weighted by Crippen LogP contribution is 2.43. The quantitative estimate of drug-likeness (QED) is 0.0595. The number of anilines is 4. The third-order valence-electron chi connectivity index (χ3n) is 20.7. The molecule has 6 unspecified atom stereocenters. The number of halogens is 4. The lowest BCUT2D eigenvalue weighted by Gasteiger charge is -2.42. The maximum Gasteiger partial charge on any atom is 0.159 e. The lowest BCUT2D eigenvalue weighted by Crippen LogP contribution is -2.55. The van der Waals surface area contributed by atoms with Gasteiger partial charge in [-0.1, -0.05) is 53.4 Å². The number of likely N-dealkylation sites (N-methyl/N-ethyl adjacent to an activating group) is 2. The van der Waals surface area contributed by atoms with Crippen molar-refractivity contribution in [2.45, 2.75) is 108 Å². The molecule has 7 N–H and O–H groups in total. The van der Waals surface area contributed by atoms with Gasteiger partial charge in [0.05, 0.1) is 45.0 Å². The number of hydrogen-bond donors (Lipinski definition) is 6. The standard InChI is InChI=1S/C21H24ClN5.C21H24FN5.C20H23FN6.C20H22FN5.4CH4/c2*1-14-12-27(13-15(2)26(14)3)21-19(16-8-10-23-11-9-16)20(24-25-21)17-4-6-18(22)7-5-17;21-17-3-1-16(2-4-17)19-18(15-5-8-23-9-6-15)20(25-24-19)27-13-11-26(10-7-22)12-14-27;1-13-11-26(12-14(2)23-13)20-18(15-7-9-22-10-8-15)19(24-25-20)16-3-5-17(21)6-4-16;;;;/h2*4-11,14-15H,12-13H2,1-3H3,(H,24,25);1-6,8-9H,7,10-14,22H2,(H,24,25);3-10,13-14,23H,11-12H2,1-2H3,(H,24,25);4*1H4. The molecule has 4 fully saturated rings. The van der Waals surface area contributed by atoms with Crippen molar-refractivity contribution >= 4 is 34.9 Å². The number of nitrogens with zero attached hydrogens (tertiary/aromatic N) is 15. The Morgan fingerprint density at radius 2 is 0.604 bits per heavy atom. The van der Waals surface area contributed by atoms with E-state index in [1.54, 1.807) is 73.6 Å². The predicted molar refractivity (Wildman–Crippen MR) is 451 cm³/mol. The highest BCUT2D eigenvalue weighted by Gasteiger charge is 2.34. The molecule has 8 aromatic heterocycles. The average Bonchev–Trinajstić information content (AvgIpc) is 1.67. The Morgan fingerprint density at radius 1 is 0.351 bits per heavy atom. The summed E-state index contributed by atoms with van der Waals surface area (Å²) in [6, 6.07) is 45.9. The molecule has 4 aromatic carbocycles. The topological polar surface area (TPSA) is 227 Å². The van der Waals surface area contributed by atoms with E-state index < -0.39 is 0 Å². The van der Waals surface area contributed by atoms with Crippen LogP contribution in [-0.2, 0) is 0 Å². The molecule has 12 aromatic rings. The zero-order valence-corrected chi connectivity index (χ0v) is 62.5. The Bertz CT molecular complexity index is 4580. The van der Waals surface area contributed by atoms with Crippen LogP contribution in [0.2, 0.25) is 5.02 Å². The molecule has 0 amide bonds. The first kappa shape index (κ1) is 84.4. The van der Waals surface area contributed by atoms with Crippen LogP contribution in [0.25, 0.3) is 89.5 Å². The fraction of sp³-hybridized carbons (Fsp3) is 0.349. The van der Waals surface area contributed by atoms with Crippen LogP contribution in [0.5, 0.6) is 0 Å². The SMILES string of the molecule is C.C.C.C.CC1CN(c2n[nH]c(-c3ccc(Cl)cc3)c2-c2ccncc2)CC(C)N1C.CC1CN(c2n[nH]c(-c3ccc(F)cc3)c2-c2ccncc2)CC(C)N1.CC1CN(c2n[nH]c(-c3ccc(F)cc3)c2-c2ccncc2)CC(C)N1C.NCCN1CCN(c2n[nH]c(-c3ccc(F)cc3)c2-c2ccncc2)CC1. The van der Waals surface area contributed by atoms with Crippen molar-refractivity contribution in [3.63, 3.8) is 0 Å². The van der Waals surface area contributed by atoms with Crippen molar-refractivity contribution in [3.8, 4) is 89.5 Å². The molecule has 0 aliphatic carbocycles. The molecule has 16 rings (SSSR count). The van der Waals surface area contributed by atoms with E-state index in [0.717, 1.165) is 190 Å². The van der Waals surface area contributed by atoms with E-state index in [9.17, 15) is 13.2 Å². The monoisotopic (exact) mass is 1530 g/mol. The molecule has 0 spiro atoms. The highest BCUT2D eigenvalue weighted by molar-refractivity contribution is 6.30.